The van der Waals surface area contributed by atoms with E-state index in [2.05, 4.69) is 20.5 Å². The first-order valence-corrected chi connectivity index (χ1v) is 4.96. The SMILES string of the molecule is O=C(O)c1cccc(NCc2cccnn2)n1. The van der Waals surface area contributed by atoms with Crippen LogP contribution in [0.4, 0.5) is 5.82 Å². The lowest BCUT2D eigenvalue weighted by Crippen LogP contribution is -2.06. The van der Waals surface area contributed by atoms with Gasteiger partial charge in [0.05, 0.1) is 12.2 Å². The molecule has 6 heteroatoms. The Labute approximate surface area is 97.4 Å². The normalized spacial score (nSPS) is 9.88. The maximum Gasteiger partial charge on any atom is 0.354 e. The molecule has 2 aromatic heterocycles. The van der Waals surface area contributed by atoms with Gasteiger partial charge >= 0.3 is 5.97 Å². The van der Waals surface area contributed by atoms with E-state index in [4.69, 9.17) is 5.11 Å². The van der Waals surface area contributed by atoms with Crippen LogP contribution in [0.25, 0.3) is 0 Å². The second kappa shape index (κ2) is 5.02. The summed E-state index contributed by atoms with van der Waals surface area (Å²) in [6.07, 6.45) is 1.59. The van der Waals surface area contributed by atoms with Crippen molar-refractivity contribution in [3.63, 3.8) is 0 Å². The molecular formula is C11H10N4O2. The molecule has 6 nitrogen and oxygen atoms in total. The van der Waals surface area contributed by atoms with Crippen LogP contribution in [0.1, 0.15) is 16.2 Å². The van der Waals surface area contributed by atoms with E-state index >= 15 is 0 Å². The zero-order valence-electron chi connectivity index (χ0n) is 8.87. The van der Waals surface area contributed by atoms with E-state index in [1.807, 2.05) is 6.07 Å². The Bertz CT molecular complexity index is 516. The molecule has 2 aromatic rings. The number of carbonyl (C=O) groups is 1. The molecule has 0 amide bonds. The zero-order valence-corrected chi connectivity index (χ0v) is 8.87. The number of nitrogens with one attached hydrogen (secondary N) is 1. The second-order valence-electron chi connectivity index (χ2n) is 3.28. The third-order valence-electron chi connectivity index (χ3n) is 2.05. The Morgan fingerprint density at radius 2 is 2.18 bits per heavy atom. The average molecular weight is 230 g/mol. The molecule has 2 rings (SSSR count). The number of nitrogens with zero attached hydrogens (tertiary/aromatic N) is 3. The quantitative estimate of drug-likeness (QED) is 0.820. The minimum atomic E-state index is -1.05. The van der Waals surface area contributed by atoms with Gasteiger partial charge in [-0.15, -0.1) is 0 Å². The van der Waals surface area contributed by atoms with Crippen LogP contribution in [0.15, 0.2) is 36.5 Å². The largest absolute Gasteiger partial charge is 0.477 e. The molecule has 0 atom stereocenters. The summed E-state index contributed by atoms with van der Waals surface area (Å²) in [7, 11) is 0. The van der Waals surface area contributed by atoms with Gasteiger partial charge in [0.2, 0.25) is 0 Å². The maximum atomic E-state index is 10.7. The van der Waals surface area contributed by atoms with Crippen molar-refractivity contribution in [2.24, 2.45) is 0 Å². The highest BCUT2D eigenvalue weighted by atomic mass is 16.4. The molecular weight excluding hydrogens is 220 g/mol. The van der Waals surface area contributed by atoms with Gasteiger partial charge in [-0.1, -0.05) is 6.07 Å². The summed E-state index contributed by atoms with van der Waals surface area (Å²) < 4.78 is 0. The Morgan fingerprint density at radius 3 is 2.88 bits per heavy atom. The van der Waals surface area contributed by atoms with Gasteiger partial charge < -0.3 is 10.4 Å². The Hall–Kier alpha value is -2.50. The van der Waals surface area contributed by atoms with E-state index in [-0.39, 0.29) is 5.69 Å². The number of carboxylic acids is 1. The molecule has 0 aliphatic rings. The van der Waals surface area contributed by atoms with Gasteiger partial charge in [-0.05, 0) is 24.3 Å². The Kier molecular flexibility index (Phi) is 3.25. The molecule has 0 bridgehead atoms. The van der Waals surface area contributed by atoms with Gasteiger partial charge in [-0.25, -0.2) is 9.78 Å². The van der Waals surface area contributed by atoms with Gasteiger partial charge in [0.15, 0.2) is 5.69 Å². The molecule has 0 fully saturated rings. The van der Waals surface area contributed by atoms with Crippen molar-refractivity contribution >= 4 is 11.8 Å². The van der Waals surface area contributed by atoms with Crippen LogP contribution >= 0.6 is 0 Å². The van der Waals surface area contributed by atoms with E-state index in [0.717, 1.165) is 5.69 Å². The van der Waals surface area contributed by atoms with Gasteiger partial charge in [0.1, 0.15) is 5.82 Å². The molecule has 0 aliphatic carbocycles. The lowest BCUT2D eigenvalue weighted by Gasteiger charge is -2.04. The third-order valence-corrected chi connectivity index (χ3v) is 2.05. The summed E-state index contributed by atoms with van der Waals surface area (Å²) in [5.74, 6) is -0.552. The minimum Gasteiger partial charge on any atom is -0.477 e. The molecule has 0 radical (unpaired) electrons. The molecule has 2 heterocycles. The lowest BCUT2D eigenvalue weighted by atomic mass is 10.3. The molecule has 86 valence electrons. The standard InChI is InChI=1S/C11H10N4O2/c16-11(17)9-4-1-5-10(14-9)12-7-8-3-2-6-13-15-8/h1-6H,7H2,(H,12,14)(H,16,17). The van der Waals surface area contributed by atoms with Gasteiger partial charge in [-0.3, -0.25) is 0 Å². The van der Waals surface area contributed by atoms with Crippen molar-refractivity contribution < 1.29 is 9.90 Å². The fourth-order valence-electron chi connectivity index (χ4n) is 1.26. The molecule has 17 heavy (non-hydrogen) atoms. The van der Waals surface area contributed by atoms with Crippen LogP contribution in [-0.4, -0.2) is 26.3 Å². The summed E-state index contributed by atoms with van der Waals surface area (Å²) in [5, 5.41) is 19.4. The van der Waals surface area contributed by atoms with E-state index in [0.29, 0.717) is 12.4 Å². The van der Waals surface area contributed by atoms with Crippen LogP contribution in [0.2, 0.25) is 0 Å². The monoisotopic (exact) mass is 230 g/mol. The molecule has 0 saturated carbocycles. The first-order valence-electron chi connectivity index (χ1n) is 4.96. The van der Waals surface area contributed by atoms with E-state index in [9.17, 15) is 4.79 Å². The first kappa shape index (κ1) is 11.0. The van der Waals surface area contributed by atoms with Crippen molar-refractivity contribution in [2.45, 2.75) is 6.54 Å². The van der Waals surface area contributed by atoms with Crippen molar-refractivity contribution in [2.75, 3.05) is 5.32 Å². The number of hydrogen-bond acceptors (Lipinski definition) is 5. The minimum absolute atomic E-state index is 0.00847. The molecule has 0 spiro atoms. The van der Waals surface area contributed by atoms with Crippen LogP contribution in [0.5, 0.6) is 0 Å². The smallest absolute Gasteiger partial charge is 0.354 e. The predicted molar refractivity (Wildman–Crippen MR) is 60.6 cm³/mol. The van der Waals surface area contributed by atoms with Crippen molar-refractivity contribution in [1.82, 2.24) is 15.2 Å². The summed E-state index contributed by atoms with van der Waals surface area (Å²) in [5.41, 5.74) is 0.768. The second-order valence-corrected chi connectivity index (χ2v) is 3.28. The summed E-state index contributed by atoms with van der Waals surface area (Å²) in [6.45, 7) is 0.448. The zero-order chi connectivity index (χ0) is 12.1. The highest BCUT2D eigenvalue weighted by Crippen LogP contribution is 2.06. The molecule has 0 aliphatic heterocycles. The Morgan fingerprint density at radius 1 is 1.29 bits per heavy atom. The third kappa shape index (κ3) is 2.97. The van der Waals surface area contributed by atoms with Crippen LogP contribution in [0.3, 0.4) is 0 Å². The number of hydrogen-bond donors (Lipinski definition) is 2. The summed E-state index contributed by atoms with van der Waals surface area (Å²) in [4.78, 5) is 14.6. The average Bonchev–Trinajstić information content (AvgIpc) is 2.38. The first-order chi connectivity index (χ1) is 8.25. The number of aromatic nitrogens is 3. The van der Waals surface area contributed by atoms with Gasteiger partial charge in [0.25, 0.3) is 0 Å². The molecule has 0 unspecified atom stereocenters. The predicted octanol–water partition coefficient (Wildman–Crippen LogP) is 1.18. The molecule has 2 N–H and O–H groups in total. The van der Waals surface area contributed by atoms with Crippen molar-refractivity contribution in [1.29, 1.82) is 0 Å². The topological polar surface area (TPSA) is 88.0 Å². The van der Waals surface area contributed by atoms with Crippen molar-refractivity contribution in [3.05, 3.63) is 47.9 Å². The van der Waals surface area contributed by atoms with Gasteiger partial charge in [-0.2, -0.15) is 10.2 Å². The Balaban J connectivity index is 2.04. The number of aromatic carboxylic acids is 1. The number of rotatable bonds is 4. The number of carboxylic acid groups (broad SMARTS) is 1. The van der Waals surface area contributed by atoms with Crippen LogP contribution < -0.4 is 5.32 Å². The van der Waals surface area contributed by atoms with Crippen LogP contribution in [-0.2, 0) is 6.54 Å². The van der Waals surface area contributed by atoms with E-state index in [1.54, 1.807) is 24.4 Å². The molecule has 0 aromatic carbocycles. The summed E-state index contributed by atoms with van der Waals surface area (Å²) in [6, 6.07) is 8.38. The number of pyridine rings is 1. The van der Waals surface area contributed by atoms with E-state index in [1.165, 1.54) is 6.07 Å². The van der Waals surface area contributed by atoms with E-state index < -0.39 is 5.97 Å². The highest BCUT2D eigenvalue weighted by molar-refractivity contribution is 5.85. The van der Waals surface area contributed by atoms with Crippen LogP contribution in [0, 0.1) is 0 Å². The summed E-state index contributed by atoms with van der Waals surface area (Å²) >= 11 is 0. The highest BCUT2D eigenvalue weighted by Gasteiger charge is 2.04. The lowest BCUT2D eigenvalue weighted by molar-refractivity contribution is 0.0690. The van der Waals surface area contributed by atoms with Gasteiger partial charge in [0, 0.05) is 6.20 Å². The fraction of sp³-hybridized carbons (Fsp3) is 0.0909. The fourth-order valence-corrected chi connectivity index (χ4v) is 1.26. The molecule has 0 saturated heterocycles. The maximum absolute atomic E-state index is 10.7. The van der Waals surface area contributed by atoms with Crippen molar-refractivity contribution in [3.8, 4) is 0 Å². The number of anilines is 1.